The van der Waals surface area contributed by atoms with Crippen molar-refractivity contribution < 1.29 is 4.74 Å². The van der Waals surface area contributed by atoms with Gasteiger partial charge in [-0.1, -0.05) is 18.2 Å². The summed E-state index contributed by atoms with van der Waals surface area (Å²) >= 11 is 0. The number of hydrogen-bond donors (Lipinski definition) is 0. The molecule has 2 aromatic carbocycles. The molecule has 0 saturated heterocycles. The lowest BCUT2D eigenvalue weighted by Crippen LogP contribution is -2.05. The minimum absolute atomic E-state index is 0.781. The number of rotatable bonds is 2. The van der Waals surface area contributed by atoms with Crippen molar-refractivity contribution in [3.8, 4) is 11.4 Å². The van der Waals surface area contributed by atoms with E-state index in [1.165, 1.54) is 5.56 Å². The zero-order valence-corrected chi connectivity index (χ0v) is 11.2. The lowest BCUT2D eigenvalue weighted by atomic mass is 10.1. The molecule has 4 heteroatoms. The standard InChI is InChI=1S/C15H15N3O/c1-10-8-9-14(19-3)15(11(10)2)18-16-12-6-4-5-7-13(12)17-18/h4-9H,1-3H3. The fourth-order valence-corrected chi connectivity index (χ4v) is 2.15. The Bertz CT molecular complexity index is 713. The summed E-state index contributed by atoms with van der Waals surface area (Å²) in [5.41, 5.74) is 4.98. The molecule has 0 aliphatic heterocycles. The maximum absolute atomic E-state index is 5.43. The monoisotopic (exact) mass is 253 g/mol. The largest absolute Gasteiger partial charge is 0.494 e. The van der Waals surface area contributed by atoms with Crippen LogP contribution < -0.4 is 4.74 Å². The maximum atomic E-state index is 5.43. The molecule has 0 fully saturated rings. The topological polar surface area (TPSA) is 39.9 Å². The second kappa shape index (κ2) is 4.39. The van der Waals surface area contributed by atoms with Crippen LogP contribution in [0.3, 0.4) is 0 Å². The quantitative estimate of drug-likeness (QED) is 0.704. The highest BCUT2D eigenvalue weighted by molar-refractivity contribution is 5.74. The summed E-state index contributed by atoms with van der Waals surface area (Å²) in [6.07, 6.45) is 0. The second-order valence-corrected chi connectivity index (χ2v) is 4.54. The van der Waals surface area contributed by atoms with E-state index in [2.05, 4.69) is 24.0 Å². The summed E-state index contributed by atoms with van der Waals surface area (Å²) in [6, 6.07) is 11.8. The van der Waals surface area contributed by atoms with Gasteiger partial charge < -0.3 is 4.74 Å². The van der Waals surface area contributed by atoms with Gasteiger partial charge in [0.05, 0.1) is 7.11 Å². The number of aromatic nitrogens is 3. The molecule has 0 saturated carbocycles. The Morgan fingerprint density at radius 3 is 2.16 bits per heavy atom. The maximum Gasteiger partial charge on any atom is 0.146 e. The minimum Gasteiger partial charge on any atom is -0.494 e. The van der Waals surface area contributed by atoms with Gasteiger partial charge in [0.25, 0.3) is 0 Å². The van der Waals surface area contributed by atoms with Crippen LogP contribution in [0, 0.1) is 13.8 Å². The first kappa shape index (κ1) is 11.7. The molecule has 3 aromatic rings. The van der Waals surface area contributed by atoms with Crippen molar-refractivity contribution in [3.63, 3.8) is 0 Å². The summed E-state index contributed by atoms with van der Waals surface area (Å²) in [7, 11) is 1.66. The van der Waals surface area contributed by atoms with Crippen LogP contribution in [0.25, 0.3) is 16.7 Å². The second-order valence-electron chi connectivity index (χ2n) is 4.54. The number of nitrogens with zero attached hydrogens (tertiary/aromatic N) is 3. The molecule has 0 spiro atoms. The van der Waals surface area contributed by atoms with Crippen LogP contribution in [0.2, 0.25) is 0 Å². The first-order valence-electron chi connectivity index (χ1n) is 6.17. The van der Waals surface area contributed by atoms with Crippen LogP contribution in [0.1, 0.15) is 11.1 Å². The predicted octanol–water partition coefficient (Wildman–Crippen LogP) is 3.05. The number of methoxy groups -OCH3 is 1. The van der Waals surface area contributed by atoms with Crippen LogP contribution in [0.15, 0.2) is 36.4 Å². The Morgan fingerprint density at radius 2 is 1.58 bits per heavy atom. The van der Waals surface area contributed by atoms with Gasteiger partial charge in [-0.3, -0.25) is 0 Å². The molecule has 1 heterocycles. The van der Waals surface area contributed by atoms with Crippen molar-refractivity contribution >= 4 is 11.0 Å². The lowest BCUT2D eigenvalue weighted by molar-refractivity contribution is 0.409. The Kier molecular flexibility index (Phi) is 2.71. The first-order chi connectivity index (χ1) is 9.20. The molecule has 96 valence electrons. The van der Waals surface area contributed by atoms with Crippen LogP contribution >= 0.6 is 0 Å². The number of aryl methyl sites for hydroxylation is 1. The SMILES string of the molecule is COc1ccc(C)c(C)c1-n1nc2ccccc2n1. The van der Waals surface area contributed by atoms with Crippen LogP contribution in [0.5, 0.6) is 5.75 Å². The molecule has 0 atom stereocenters. The number of hydrogen-bond acceptors (Lipinski definition) is 3. The van der Waals surface area contributed by atoms with Crippen LogP contribution in [-0.4, -0.2) is 22.1 Å². The summed E-state index contributed by atoms with van der Waals surface area (Å²) in [6.45, 7) is 4.13. The van der Waals surface area contributed by atoms with E-state index >= 15 is 0 Å². The van der Waals surface area contributed by atoms with Gasteiger partial charge >= 0.3 is 0 Å². The highest BCUT2D eigenvalue weighted by Gasteiger charge is 2.13. The third-order valence-electron chi connectivity index (χ3n) is 3.37. The normalized spacial score (nSPS) is 10.9. The molecule has 0 N–H and O–H groups in total. The fraction of sp³-hybridized carbons (Fsp3) is 0.200. The molecule has 19 heavy (non-hydrogen) atoms. The van der Waals surface area contributed by atoms with Crippen molar-refractivity contribution in [2.45, 2.75) is 13.8 Å². The fourth-order valence-electron chi connectivity index (χ4n) is 2.15. The molecule has 4 nitrogen and oxygen atoms in total. The summed E-state index contributed by atoms with van der Waals surface area (Å²) in [5.74, 6) is 0.781. The highest BCUT2D eigenvalue weighted by Crippen LogP contribution is 2.28. The van der Waals surface area contributed by atoms with Gasteiger partial charge in [0.15, 0.2) is 0 Å². The van der Waals surface area contributed by atoms with Crippen LogP contribution in [-0.2, 0) is 0 Å². The van der Waals surface area contributed by atoms with Crippen molar-refractivity contribution in [3.05, 3.63) is 47.5 Å². The number of fused-ring (bicyclic) bond motifs is 1. The summed E-state index contributed by atoms with van der Waals surface area (Å²) in [4.78, 5) is 1.66. The van der Waals surface area contributed by atoms with E-state index in [1.807, 2.05) is 36.4 Å². The van der Waals surface area contributed by atoms with Gasteiger partial charge in [0, 0.05) is 0 Å². The Hall–Kier alpha value is -2.36. The Labute approximate surface area is 111 Å². The molecule has 0 aliphatic carbocycles. The Balaban J connectivity index is 2.28. The average molecular weight is 253 g/mol. The van der Waals surface area contributed by atoms with Crippen molar-refractivity contribution in [1.82, 2.24) is 15.0 Å². The molecule has 0 unspecified atom stereocenters. The molecule has 0 aliphatic rings. The molecular formula is C15H15N3O. The summed E-state index contributed by atoms with van der Waals surface area (Å²) in [5, 5.41) is 9.04. The van der Waals surface area contributed by atoms with Gasteiger partial charge in [-0.05, 0) is 43.2 Å². The highest BCUT2D eigenvalue weighted by atomic mass is 16.5. The van der Waals surface area contributed by atoms with Gasteiger partial charge in [0.2, 0.25) is 0 Å². The first-order valence-corrected chi connectivity index (χ1v) is 6.17. The summed E-state index contributed by atoms with van der Waals surface area (Å²) < 4.78 is 5.43. The van der Waals surface area contributed by atoms with E-state index in [1.54, 1.807) is 11.9 Å². The average Bonchev–Trinajstić information content (AvgIpc) is 2.84. The smallest absolute Gasteiger partial charge is 0.146 e. The van der Waals surface area contributed by atoms with Gasteiger partial charge in [0.1, 0.15) is 22.5 Å². The molecular weight excluding hydrogens is 238 g/mol. The Morgan fingerprint density at radius 1 is 0.947 bits per heavy atom. The predicted molar refractivity (Wildman–Crippen MR) is 74.9 cm³/mol. The van der Waals surface area contributed by atoms with Crippen molar-refractivity contribution in [2.24, 2.45) is 0 Å². The third kappa shape index (κ3) is 1.85. The van der Waals surface area contributed by atoms with E-state index in [-0.39, 0.29) is 0 Å². The van der Waals surface area contributed by atoms with Crippen molar-refractivity contribution in [2.75, 3.05) is 7.11 Å². The molecule has 0 bridgehead atoms. The molecule has 0 radical (unpaired) electrons. The van der Waals surface area contributed by atoms with E-state index in [9.17, 15) is 0 Å². The number of benzene rings is 2. The van der Waals surface area contributed by atoms with E-state index in [4.69, 9.17) is 4.74 Å². The number of ether oxygens (including phenoxy) is 1. The zero-order valence-electron chi connectivity index (χ0n) is 11.2. The van der Waals surface area contributed by atoms with Gasteiger partial charge in [-0.2, -0.15) is 0 Å². The van der Waals surface area contributed by atoms with E-state index < -0.39 is 0 Å². The minimum atomic E-state index is 0.781. The van der Waals surface area contributed by atoms with E-state index in [0.29, 0.717) is 0 Å². The molecule has 1 aromatic heterocycles. The van der Waals surface area contributed by atoms with E-state index in [0.717, 1.165) is 28.0 Å². The van der Waals surface area contributed by atoms with Gasteiger partial charge in [-0.25, -0.2) is 0 Å². The zero-order chi connectivity index (χ0) is 13.4. The van der Waals surface area contributed by atoms with Crippen molar-refractivity contribution in [1.29, 1.82) is 0 Å². The van der Waals surface area contributed by atoms with Gasteiger partial charge in [-0.15, -0.1) is 15.0 Å². The molecule has 0 amide bonds. The van der Waals surface area contributed by atoms with Crippen LogP contribution in [0.4, 0.5) is 0 Å². The molecule has 3 rings (SSSR count). The lowest BCUT2D eigenvalue weighted by Gasteiger charge is -2.12. The third-order valence-corrected chi connectivity index (χ3v) is 3.37.